The number of carbonyl (C=O) groups is 1. The summed E-state index contributed by atoms with van der Waals surface area (Å²) in [5.41, 5.74) is -0.413. The van der Waals surface area contributed by atoms with E-state index in [0.717, 1.165) is 0 Å². The maximum absolute atomic E-state index is 11.3. The molecule has 0 saturated heterocycles. The summed E-state index contributed by atoms with van der Waals surface area (Å²) in [6, 6.07) is 5.05. The zero-order chi connectivity index (χ0) is 9.64. The molecule has 1 heterocycles. The Morgan fingerprint density at radius 3 is 2.85 bits per heavy atom. The van der Waals surface area contributed by atoms with Crippen molar-refractivity contribution in [3.8, 4) is 0 Å². The summed E-state index contributed by atoms with van der Waals surface area (Å²) in [6.45, 7) is 1.45. The Morgan fingerprint density at radius 2 is 2.23 bits per heavy atom. The lowest BCUT2D eigenvalue weighted by atomic mass is 9.98. The van der Waals surface area contributed by atoms with E-state index in [-0.39, 0.29) is 0 Å². The number of anilines is 1. The highest BCUT2D eigenvalue weighted by Gasteiger charge is 2.41. The lowest BCUT2D eigenvalue weighted by Crippen LogP contribution is -2.30. The predicted molar refractivity (Wildman–Crippen MR) is 49.7 cm³/mol. The van der Waals surface area contributed by atoms with Crippen LogP contribution in [0.2, 0.25) is 5.02 Å². The number of rotatable bonds is 0. The fraction of sp³-hybridized carbons (Fsp3) is 0.222. The van der Waals surface area contributed by atoms with E-state index in [4.69, 9.17) is 11.6 Å². The standard InChI is InChI=1S/C9H8ClNO2/c1-9(13)5-3-2-4-6(10)7(5)11-8(9)12/h2-4,13H,1H3,(H,11,12). The summed E-state index contributed by atoms with van der Waals surface area (Å²) < 4.78 is 0. The minimum Gasteiger partial charge on any atom is -0.375 e. The fourth-order valence-electron chi connectivity index (χ4n) is 1.41. The van der Waals surface area contributed by atoms with Gasteiger partial charge in [-0.25, -0.2) is 0 Å². The quantitative estimate of drug-likeness (QED) is 0.662. The molecule has 0 saturated carbocycles. The molecule has 1 aliphatic rings. The maximum Gasteiger partial charge on any atom is 0.260 e. The van der Waals surface area contributed by atoms with E-state index in [0.29, 0.717) is 16.3 Å². The highest BCUT2D eigenvalue weighted by Crippen LogP contribution is 2.39. The van der Waals surface area contributed by atoms with Crippen LogP contribution in [0.15, 0.2) is 18.2 Å². The molecule has 1 aliphatic heterocycles. The Labute approximate surface area is 80.3 Å². The van der Waals surface area contributed by atoms with Crippen LogP contribution in [0.3, 0.4) is 0 Å². The van der Waals surface area contributed by atoms with Crippen molar-refractivity contribution < 1.29 is 9.90 Å². The number of amides is 1. The Kier molecular flexibility index (Phi) is 1.62. The molecular weight excluding hydrogens is 190 g/mol. The first-order chi connectivity index (χ1) is 6.03. The molecule has 0 fully saturated rings. The number of halogens is 1. The van der Waals surface area contributed by atoms with Crippen molar-refractivity contribution in [3.05, 3.63) is 28.8 Å². The van der Waals surface area contributed by atoms with Gasteiger partial charge in [0.2, 0.25) is 0 Å². The van der Waals surface area contributed by atoms with Crippen molar-refractivity contribution in [1.29, 1.82) is 0 Å². The van der Waals surface area contributed by atoms with Gasteiger partial charge in [-0.05, 0) is 13.0 Å². The first kappa shape index (κ1) is 8.53. The summed E-state index contributed by atoms with van der Waals surface area (Å²) in [7, 11) is 0. The number of carbonyl (C=O) groups excluding carboxylic acids is 1. The second-order valence-corrected chi connectivity index (χ2v) is 3.60. The van der Waals surface area contributed by atoms with Gasteiger partial charge in [-0.2, -0.15) is 0 Å². The van der Waals surface area contributed by atoms with Crippen molar-refractivity contribution in [3.63, 3.8) is 0 Å². The minimum atomic E-state index is -1.46. The van der Waals surface area contributed by atoms with Crippen LogP contribution < -0.4 is 5.32 Å². The van der Waals surface area contributed by atoms with Gasteiger partial charge in [0, 0.05) is 5.56 Å². The van der Waals surface area contributed by atoms with Gasteiger partial charge < -0.3 is 10.4 Å². The van der Waals surface area contributed by atoms with Crippen LogP contribution in [0.1, 0.15) is 12.5 Å². The second-order valence-electron chi connectivity index (χ2n) is 3.19. The lowest BCUT2D eigenvalue weighted by Gasteiger charge is -2.13. The smallest absolute Gasteiger partial charge is 0.260 e. The van der Waals surface area contributed by atoms with Gasteiger partial charge in [0.25, 0.3) is 5.91 Å². The number of hydrogen-bond acceptors (Lipinski definition) is 2. The summed E-state index contributed by atoms with van der Waals surface area (Å²) in [4.78, 5) is 11.3. The monoisotopic (exact) mass is 197 g/mol. The average molecular weight is 198 g/mol. The number of benzene rings is 1. The minimum absolute atomic E-state index is 0.435. The van der Waals surface area contributed by atoms with E-state index >= 15 is 0 Å². The van der Waals surface area contributed by atoms with Crippen molar-refractivity contribution in [2.75, 3.05) is 5.32 Å². The highest BCUT2D eigenvalue weighted by atomic mass is 35.5. The van der Waals surface area contributed by atoms with E-state index in [1.165, 1.54) is 6.92 Å². The number of aliphatic hydroxyl groups is 1. The third-order valence-corrected chi connectivity index (χ3v) is 2.53. The molecule has 13 heavy (non-hydrogen) atoms. The van der Waals surface area contributed by atoms with Gasteiger partial charge in [0.15, 0.2) is 5.60 Å². The summed E-state index contributed by atoms with van der Waals surface area (Å²) >= 11 is 5.84. The van der Waals surface area contributed by atoms with Crippen molar-refractivity contribution >= 4 is 23.2 Å². The fourth-order valence-corrected chi connectivity index (χ4v) is 1.64. The summed E-state index contributed by atoms with van der Waals surface area (Å²) in [6.07, 6.45) is 0. The van der Waals surface area contributed by atoms with E-state index in [2.05, 4.69) is 5.32 Å². The van der Waals surface area contributed by atoms with Crippen molar-refractivity contribution in [1.82, 2.24) is 0 Å². The van der Waals surface area contributed by atoms with Crippen LogP contribution in [0.4, 0.5) is 5.69 Å². The summed E-state index contributed by atoms with van der Waals surface area (Å²) in [5.74, 6) is -0.435. The number of para-hydroxylation sites is 1. The zero-order valence-corrected chi connectivity index (χ0v) is 7.72. The second kappa shape index (κ2) is 2.47. The van der Waals surface area contributed by atoms with E-state index in [1.807, 2.05) is 0 Å². The van der Waals surface area contributed by atoms with Crippen molar-refractivity contribution in [2.45, 2.75) is 12.5 Å². The first-order valence-corrected chi connectivity index (χ1v) is 4.24. The van der Waals surface area contributed by atoms with Gasteiger partial charge in [-0.15, -0.1) is 0 Å². The van der Waals surface area contributed by atoms with Gasteiger partial charge in [-0.3, -0.25) is 4.79 Å². The van der Waals surface area contributed by atoms with E-state index < -0.39 is 11.5 Å². The lowest BCUT2D eigenvalue weighted by molar-refractivity contribution is -0.131. The molecule has 0 radical (unpaired) electrons. The molecule has 1 unspecified atom stereocenters. The molecule has 0 aromatic heterocycles. The molecule has 1 atom stereocenters. The molecule has 68 valence electrons. The number of hydrogen-bond donors (Lipinski definition) is 2. The Morgan fingerprint density at radius 1 is 1.54 bits per heavy atom. The Hall–Kier alpha value is -1.06. The number of nitrogens with one attached hydrogen (secondary N) is 1. The van der Waals surface area contributed by atoms with Crippen LogP contribution in [-0.2, 0) is 10.4 Å². The van der Waals surface area contributed by atoms with E-state index in [1.54, 1.807) is 18.2 Å². The topological polar surface area (TPSA) is 49.3 Å². The normalized spacial score (nSPS) is 25.6. The van der Waals surface area contributed by atoms with Gasteiger partial charge in [0.1, 0.15) is 0 Å². The molecule has 2 N–H and O–H groups in total. The Bertz CT molecular complexity index is 387. The van der Waals surface area contributed by atoms with Crippen LogP contribution in [0, 0.1) is 0 Å². The van der Waals surface area contributed by atoms with Crippen LogP contribution in [0.5, 0.6) is 0 Å². The zero-order valence-electron chi connectivity index (χ0n) is 6.97. The van der Waals surface area contributed by atoms with Gasteiger partial charge in [-0.1, -0.05) is 23.7 Å². The molecule has 1 amide bonds. The molecule has 0 bridgehead atoms. The highest BCUT2D eigenvalue weighted by molar-refractivity contribution is 6.34. The molecule has 1 aromatic rings. The maximum atomic E-state index is 11.3. The summed E-state index contributed by atoms with van der Waals surface area (Å²) in [5, 5.41) is 12.8. The SMILES string of the molecule is CC1(O)C(=O)Nc2c(Cl)cccc21. The number of fused-ring (bicyclic) bond motifs is 1. The average Bonchev–Trinajstić information content (AvgIpc) is 2.28. The molecule has 1 aromatic carbocycles. The van der Waals surface area contributed by atoms with Crippen LogP contribution in [-0.4, -0.2) is 11.0 Å². The van der Waals surface area contributed by atoms with Crippen LogP contribution in [0.25, 0.3) is 0 Å². The van der Waals surface area contributed by atoms with Gasteiger partial charge >= 0.3 is 0 Å². The molecule has 0 aliphatic carbocycles. The van der Waals surface area contributed by atoms with Crippen LogP contribution >= 0.6 is 11.6 Å². The van der Waals surface area contributed by atoms with Crippen molar-refractivity contribution in [2.24, 2.45) is 0 Å². The Balaban J connectivity index is 2.68. The first-order valence-electron chi connectivity index (χ1n) is 3.86. The third kappa shape index (κ3) is 1.04. The molecule has 0 spiro atoms. The molecular formula is C9H8ClNO2. The predicted octanol–water partition coefficient (Wildman–Crippen LogP) is 1.50. The van der Waals surface area contributed by atoms with E-state index in [9.17, 15) is 9.90 Å². The van der Waals surface area contributed by atoms with Gasteiger partial charge in [0.05, 0.1) is 10.7 Å². The largest absolute Gasteiger partial charge is 0.375 e. The molecule has 3 nitrogen and oxygen atoms in total. The molecule has 4 heteroatoms. The third-order valence-electron chi connectivity index (χ3n) is 2.22. The molecule has 2 rings (SSSR count).